The monoisotopic (exact) mass is 701 g/mol. The largest absolute Gasteiger partial charge is 0.310 e. The molecule has 0 aliphatic heterocycles. The Morgan fingerprint density at radius 3 is 1.47 bits per heavy atom. The van der Waals surface area contributed by atoms with Crippen LogP contribution in [0.3, 0.4) is 0 Å². The summed E-state index contributed by atoms with van der Waals surface area (Å²) >= 11 is 0. The normalized spacial score (nSPS) is 11.3. The molecule has 0 unspecified atom stereocenters. The van der Waals surface area contributed by atoms with Gasteiger partial charge in [0.15, 0.2) is 0 Å². The molecule has 2 heterocycles. The number of pyridine rings is 2. The van der Waals surface area contributed by atoms with Crippen molar-refractivity contribution in [2.24, 2.45) is 0 Å². The van der Waals surface area contributed by atoms with Gasteiger partial charge in [-0.3, -0.25) is 0 Å². The van der Waals surface area contributed by atoms with Crippen LogP contribution in [0.15, 0.2) is 212 Å². The maximum atomic E-state index is 5.38. The SMILES string of the molecule is c1ccc(-c2cc(-c3cccc(-c4nc5ccccc5c5c4ccc4c(N(c6ccccc6)c6ccccc6)cccc45)c3)cc(-c3ccccc3)n2)cc1. The third-order valence-electron chi connectivity index (χ3n) is 10.4. The second kappa shape index (κ2) is 13.9. The molecular formula is C52H35N3. The Morgan fingerprint density at radius 1 is 0.309 bits per heavy atom. The van der Waals surface area contributed by atoms with E-state index in [1.165, 1.54) is 16.2 Å². The minimum absolute atomic E-state index is 0.943. The lowest BCUT2D eigenvalue weighted by atomic mass is 9.93. The molecule has 0 aliphatic rings. The van der Waals surface area contributed by atoms with Gasteiger partial charge in [-0.15, -0.1) is 0 Å². The van der Waals surface area contributed by atoms with Crippen LogP contribution in [-0.2, 0) is 0 Å². The van der Waals surface area contributed by atoms with Crippen molar-refractivity contribution in [3.63, 3.8) is 0 Å². The van der Waals surface area contributed by atoms with E-state index in [1.54, 1.807) is 0 Å². The van der Waals surface area contributed by atoms with Crippen LogP contribution in [0.1, 0.15) is 0 Å². The number of hydrogen-bond acceptors (Lipinski definition) is 3. The van der Waals surface area contributed by atoms with E-state index in [4.69, 9.17) is 9.97 Å². The van der Waals surface area contributed by atoms with Gasteiger partial charge < -0.3 is 4.90 Å². The Bertz CT molecular complexity index is 2860. The van der Waals surface area contributed by atoms with E-state index in [2.05, 4.69) is 205 Å². The molecule has 0 saturated heterocycles. The fourth-order valence-electron chi connectivity index (χ4n) is 7.85. The first kappa shape index (κ1) is 32.3. The number of hydrogen-bond donors (Lipinski definition) is 0. The predicted octanol–water partition coefficient (Wildman–Crippen LogP) is 14.1. The van der Waals surface area contributed by atoms with Crippen LogP contribution in [-0.4, -0.2) is 9.97 Å². The highest BCUT2D eigenvalue weighted by Gasteiger charge is 2.19. The molecule has 0 fully saturated rings. The average Bonchev–Trinajstić information content (AvgIpc) is 3.27. The fourth-order valence-corrected chi connectivity index (χ4v) is 7.85. The second-order valence-corrected chi connectivity index (χ2v) is 13.8. The van der Waals surface area contributed by atoms with E-state index in [0.717, 1.165) is 78.3 Å². The standard InChI is InChI=1S/C52H35N3/c1-5-17-36(18-6-1)48-34-40(35-49(53-48)37-19-7-2-8-20-37)38-21-15-22-39(33-38)52-46-32-31-43-44(51(46)45-27-13-14-29-47(45)54-52)28-16-30-50(43)55(41-23-9-3-10-24-41)42-25-11-4-12-26-42/h1-35H. The highest BCUT2D eigenvalue weighted by molar-refractivity contribution is 6.24. The molecule has 0 amide bonds. The molecule has 55 heavy (non-hydrogen) atoms. The molecule has 0 bridgehead atoms. The molecule has 2 aromatic heterocycles. The Kier molecular flexibility index (Phi) is 8.16. The summed E-state index contributed by atoms with van der Waals surface area (Å²) in [5.41, 5.74) is 12.6. The minimum atomic E-state index is 0.943. The van der Waals surface area contributed by atoms with Gasteiger partial charge in [0.05, 0.1) is 28.3 Å². The van der Waals surface area contributed by atoms with Crippen molar-refractivity contribution in [2.45, 2.75) is 0 Å². The fraction of sp³-hybridized carbons (Fsp3) is 0. The first-order valence-corrected chi connectivity index (χ1v) is 18.7. The van der Waals surface area contributed by atoms with Gasteiger partial charge in [-0.1, -0.05) is 158 Å². The third-order valence-corrected chi connectivity index (χ3v) is 10.4. The van der Waals surface area contributed by atoms with Gasteiger partial charge in [-0.25, -0.2) is 9.97 Å². The summed E-state index contributed by atoms with van der Waals surface area (Å²) < 4.78 is 0. The molecule has 8 aromatic carbocycles. The molecule has 258 valence electrons. The van der Waals surface area contributed by atoms with Gasteiger partial charge >= 0.3 is 0 Å². The summed E-state index contributed by atoms with van der Waals surface area (Å²) in [5.74, 6) is 0. The van der Waals surface area contributed by atoms with Crippen molar-refractivity contribution in [1.82, 2.24) is 9.97 Å². The van der Waals surface area contributed by atoms with E-state index in [1.807, 2.05) is 12.1 Å². The van der Waals surface area contributed by atoms with E-state index < -0.39 is 0 Å². The van der Waals surface area contributed by atoms with E-state index >= 15 is 0 Å². The topological polar surface area (TPSA) is 29.0 Å². The Morgan fingerprint density at radius 2 is 0.818 bits per heavy atom. The molecule has 0 N–H and O–H groups in total. The molecule has 0 atom stereocenters. The van der Waals surface area contributed by atoms with Crippen LogP contribution in [0.25, 0.3) is 77.3 Å². The maximum absolute atomic E-state index is 5.38. The zero-order chi connectivity index (χ0) is 36.6. The van der Waals surface area contributed by atoms with Gasteiger partial charge in [-0.2, -0.15) is 0 Å². The molecule has 0 radical (unpaired) electrons. The highest BCUT2D eigenvalue weighted by atomic mass is 15.1. The van der Waals surface area contributed by atoms with Crippen LogP contribution in [0.4, 0.5) is 17.1 Å². The summed E-state index contributed by atoms with van der Waals surface area (Å²) in [7, 11) is 0. The molecule has 0 aliphatic carbocycles. The molecule has 3 heteroatoms. The van der Waals surface area contributed by atoms with Crippen LogP contribution < -0.4 is 4.90 Å². The van der Waals surface area contributed by atoms with Crippen molar-refractivity contribution >= 4 is 49.5 Å². The van der Waals surface area contributed by atoms with Gasteiger partial charge in [-0.05, 0) is 71.1 Å². The number of para-hydroxylation sites is 3. The zero-order valence-electron chi connectivity index (χ0n) is 30.0. The minimum Gasteiger partial charge on any atom is -0.310 e. The van der Waals surface area contributed by atoms with Crippen molar-refractivity contribution < 1.29 is 0 Å². The lowest BCUT2D eigenvalue weighted by molar-refractivity contribution is 1.30. The summed E-state index contributed by atoms with van der Waals surface area (Å²) in [5, 5.41) is 5.83. The average molecular weight is 702 g/mol. The lowest BCUT2D eigenvalue weighted by Crippen LogP contribution is -2.10. The van der Waals surface area contributed by atoms with Crippen molar-refractivity contribution in [3.05, 3.63) is 212 Å². The smallest absolute Gasteiger partial charge is 0.0788 e. The van der Waals surface area contributed by atoms with Crippen LogP contribution in [0, 0.1) is 0 Å². The van der Waals surface area contributed by atoms with E-state index in [9.17, 15) is 0 Å². The molecule has 10 aromatic rings. The summed E-state index contributed by atoms with van der Waals surface area (Å²) in [6.07, 6.45) is 0. The van der Waals surface area contributed by atoms with Crippen LogP contribution in [0.2, 0.25) is 0 Å². The van der Waals surface area contributed by atoms with Crippen molar-refractivity contribution in [2.75, 3.05) is 4.90 Å². The Hall–Kier alpha value is -7.36. The number of aromatic nitrogens is 2. The number of fused-ring (bicyclic) bond motifs is 5. The quantitative estimate of drug-likeness (QED) is 0.155. The van der Waals surface area contributed by atoms with Gasteiger partial charge in [0.2, 0.25) is 0 Å². The van der Waals surface area contributed by atoms with Gasteiger partial charge in [0, 0.05) is 49.6 Å². The summed E-state index contributed by atoms with van der Waals surface area (Å²) in [4.78, 5) is 12.9. The highest BCUT2D eigenvalue weighted by Crippen LogP contribution is 2.44. The molecule has 0 spiro atoms. The van der Waals surface area contributed by atoms with Crippen molar-refractivity contribution in [1.29, 1.82) is 0 Å². The lowest BCUT2D eigenvalue weighted by Gasteiger charge is -2.27. The number of nitrogens with zero attached hydrogens (tertiary/aromatic N) is 3. The Labute approximate surface area is 320 Å². The van der Waals surface area contributed by atoms with Crippen LogP contribution >= 0.6 is 0 Å². The Balaban J connectivity index is 1.18. The summed E-state index contributed by atoms with van der Waals surface area (Å²) in [6, 6.07) is 75.0. The van der Waals surface area contributed by atoms with Crippen LogP contribution in [0.5, 0.6) is 0 Å². The number of benzene rings is 8. The maximum Gasteiger partial charge on any atom is 0.0788 e. The molecule has 10 rings (SSSR count). The zero-order valence-corrected chi connectivity index (χ0v) is 30.0. The summed E-state index contributed by atoms with van der Waals surface area (Å²) in [6.45, 7) is 0. The third kappa shape index (κ3) is 5.98. The molecule has 0 saturated carbocycles. The van der Waals surface area contributed by atoms with Gasteiger partial charge in [0.1, 0.15) is 0 Å². The van der Waals surface area contributed by atoms with E-state index in [0.29, 0.717) is 0 Å². The number of anilines is 3. The second-order valence-electron chi connectivity index (χ2n) is 13.8. The molecule has 3 nitrogen and oxygen atoms in total. The predicted molar refractivity (Wildman–Crippen MR) is 231 cm³/mol. The number of rotatable bonds is 7. The van der Waals surface area contributed by atoms with E-state index in [-0.39, 0.29) is 0 Å². The molecular weight excluding hydrogens is 667 g/mol. The first-order chi connectivity index (χ1) is 27.3. The van der Waals surface area contributed by atoms with Crippen molar-refractivity contribution in [3.8, 4) is 44.9 Å². The first-order valence-electron chi connectivity index (χ1n) is 18.7. The van der Waals surface area contributed by atoms with Gasteiger partial charge in [0.25, 0.3) is 0 Å².